The molecular weight excluding hydrogens is 336 g/mol. The molecule has 0 aliphatic carbocycles. The number of rotatable bonds is 8. The third-order valence-corrected chi connectivity index (χ3v) is 3.41. The van der Waals surface area contributed by atoms with Crippen molar-refractivity contribution in [2.24, 2.45) is 0 Å². The number of methoxy groups -OCH3 is 1. The zero-order valence-electron chi connectivity index (χ0n) is 13.0. The molecule has 1 aromatic rings. The fourth-order valence-electron chi connectivity index (χ4n) is 1.80. The van der Waals surface area contributed by atoms with Crippen molar-refractivity contribution in [3.05, 3.63) is 28.2 Å². The van der Waals surface area contributed by atoms with Gasteiger partial charge in [0.15, 0.2) is 6.10 Å². The Bertz CT molecular complexity index is 466. The number of carbonyl (C=O) groups excluding carboxylic acids is 1. The molecule has 1 atom stereocenters. The minimum atomic E-state index is -0.515. The van der Waals surface area contributed by atoms with Crippen LogP contribution in [0.15, 0.2) is 22.7 Å². The van der Waals surface area contributed by atoms with Gasteiger partial charge < -0.3 is 19.7 Å². The summed E-state index contributed by atoms with van der Waals surface area (Å²) in [5, 5.41) is 3.27. The minimum absolute atomic E-state index is 0.0591. The lowest BCUT2D eigenvalue weighted by Crippen LogP contribution is -2.35. The highest BCUT2D eigenvalue weighted by atomic mass is 79.9. The van der Waals surface area contributed by atoms with Crippen LogP contribution in [0.5, 0.6) is 5.75 Å². The van der Waals surface area contributed by atoms with E-state index in [9.17, 15) is 4.79 Å². The van der Waals surface area contributed by atoms with Gasteiger partial charge in [0.2, 0.25) is 0 Å². The molecule has 0 radical (unpaired) electrons. The minimum Gasteiger partial charge on any atom is -0.481 e. The van der Waals surface area contributed by atoms with Crippen molar-refractivity contribution in [3.63, 3.8) is 0 Å². The Morgan fingerprint density at radius 1 is 1.43 bits per heavy atom. The highest BCUT2D eigenvalue weighted by molar-refractivity contribution is 9.10. The fourth-order valence-corrected chi connectivity index (χ4v) is 2.21. The van der Waals surface area contributed by atoms with E-state index in [0.29, 0.717) is 18.9 Å². The molecule has 1 N–H and O–H groups in total. The van der Waals surface area contributed by atoms with Gasteiger partial charge in [-0.15, -0.1) is 0 Å². The first-order chi connectivity index (χ1) is 9.95. The van der Waals surface area contributed by atoms with Crippen LogP contribution in [0.4, 0.5) is 0 Å². The predicted octanol–water partition coefficient (Wildman–Crippen LogP) is 2.04. The molecule has 0 saturated heterocycles. The molecule has 0 spiro atoms. The zero-order valence-corrected chi connectivity index (χ0v) is 14.6. The van der Waals surface area contributed by atoms with E-state index in [1.807, 2.05) is 18.2 Å². The van der Waals surface area contributed by atoms with Crippen molar-refractivity contribution < 1.29 is 14.3 Å². The lowest BCUT2D eigenvalue weighted by atomic mass is 10.2. The van der Waals surface area contributed by atoms with Gasteiger partial charge in [0.25, 0.3) is 5.91 Å². The number of hydrogen-bond donors (Lipinski definition) is 1. The van der Waals surface area contributed by atoms with Crippen LogP contribution in [0.1, 0.15) is 12.5 Å². The molecule has 0 aliphatic heterocycles. The Balaban J connectivity index is 2.74. The maximum atomic E-state index is 11.9. The molecule has 21 heavy (non-hydrogen) atoms. The van der Waals surface area contributed by atoms with Crippen molar-refractivity contribution in [2.45, 2.75) is 19.6 Å². The number of hydrogen-bond acceptors (Lipinski definition) is 4. The number of nitrogens with one attached hydrogen (secondary N) is 1. The first-order valence-corrected chi connectivity index (χ1v) is 7.61. The van der Waals surface area contributed by atoms with Crippen LogP contribution in [0.2, 0.25) is 0 Å². The number of benzene rings is 1. The Labute approximate surface area is 134 Å². The largest absolute Gasteiger partial charge is 0.481 e. The molecule has 0 heterocycles. The molecule has 1 aromatic carbocycles. The highest BCUT2D eigenvalue weighted by Crippen LogP contribution is 2.24. The van der Waals surface area contributed by atoms with Crippen LogP contribution >= 0.6 is 15.9 Å². The van der Waals surface area contributed by atoms with Gasteiger partial charge >= 0.3 is 0 Å². The summed E-state index contributed by atoms with van der Waals surface area (Å²) in [5.41, 5.74) is 0.999. The second-order valence-corrected chi connectivity index (χ2v) is 5.83. The molecule has 0 aliphatic rings. The van der Waals surface area contributed by atoms with Crippen LogP contribution in [0.3, 0.4) is 0 Å². The van der Waals surface area contributed by atoms with Gasteiger partial charge in [-0.25, -0.2) is 0 Å². The molecule has 0 aromatic heterocycles. The van der Waals surface area contributed by atoms with Crippen LogP contribution in [-0.2, 0) is 16.1 Å². The number of carbonyl (C=O) groups is 1. The van der Waals surface area contributed by atoms with Crippen molar-refractivity contribution >= 4 is 21.8 Å². The summed E-state index contributed by atoms with van der Waals surface area (Å²) in [7, 11) is 5.11. The van der Waals surface area contributed by atoms with E-state index in [0.717, 1.165) is 16.6 Å². The Morgan fingerprint density at radius 2 is 2.14 bits per heavy atom. The second kappa shape index (κ2) is 9.02. The number of nitrogens with zero attached hydrogens (tertiary/aromatic N) is 1. The molecule has 0 fully saturated rings. The number of amides is 1. The standard InChI is InChI=1S/C15H23BrN2O3/c1-11(15(19)18(2)3)21-14-6-5-13(16)9-12(14)10-17-7-8-20-4/h5-6,9,11,17H,7-8,10H2,1-4H3. The van der Waals surface area contributed by atoms with Gasteiger partial charge in [0.05, 0.1) is 6.61 Å². The third-order valence-electron chi connectivity index (χ3n) is 2.91. The molecule has 118 valence electrons. The Kier molecular flexibility index (Phi) is 7.71. The van der Waals surface area contributed by atoms with E-state index >= 15 is 0 Å². The Morgan fingerprint density at radius 3 is 2.76 bits per heavy atom. The van der Waals surface area contributed by atoms with E-state index in [-0.39, 0.29) is 5.91 Å². The first kappa shape index (κ1) is 17.9. The molecule has 1 amide bonds. The van der Waals surface area contributed by atoms with Crippen molar-refractivity contribution in [2.75, 3.05) is 34.4 Å². The van der Waals surface area contributed by atoms with Crippen LogP contribution < -0.4 is 10.1 Å². The highest BCUT2D eigenvalue weighted by Gasteiger charge is 2.18. The topological polar surface area (TPSA) is 50.8 Å². The summed E-state index contributed by atoms with van der Waals surface area (Å²) in [4.78, 5) is 13.4. The van der Waals surface area contributed by atoms with Gasteiger partial charge in [0.1, 0.15) is 5.75 Å². The van der Waals surface area contributed by atoms with Crippen LogP contribution in [0, 0.1) is 0 Å². The quantitative estimate of drug-likeness (QED) is 0.722. The van der Waals surface area contributed by atoms with Gasteiger partial charge in [-0.05, 0) is 25.1 Å². The van der Waals surface area contributed by atoms with E-state index in [1.54, 1.807) is 28.1 Å². The van der Waals surface area contributed by atoms with Gasteiger partial charge in [-0.3, -0.25) is 4.79 Å². The normalized spacial score (nSPS) is 12.0. The van der Waals surface area contributed by atoms with Crippen LogP contribution in [-0.4, -0.2) is 51.3 Å². The monoisotopic (exact) mass is 358 g/mol. The van der Waals surface area contributed by atoms with E-state index in [4.69, 9.17) is 9.47 Å². The molecule has 0 bridgehead atoms. The maximum absolute atomic E-state index is 11.9. The SMILES string of the molecule is COCCNCc1cc(Br)ccc1OC(C)C(=O)N(C)C. The smallest absolute Gasteiger partial charge is 0.262 e. The van der Waals surface area contributed by atoms with E-state index < -0.39 is 6.10 Å². The van der Waals surface area contributed by atoms with Crippen LogP contribution in [0.25, 0.3) is 0 Å². The lowest BCUT2D eigenvalue weighted by Gasteiger charge is -2.20. The summed E-state index contributed by atoms with van der Waals surface area (Å²) in [5.74, 6) is 0.655. The second-order valence-electron chi connectivity index (χ2n) is 4.91. The fraction of sp³-hybridized carbons (Fsp3) is 0.533. The first-order valence-electron chi connectivity index (χ1n) is 6.81. The lowest BCUT2D eigenvalue weighted by molar-refractivity contribution is -0.135. The zero-order chi connectivity index (χ0) is 15.8. The average molecular weight is 359 g/mol. The summed E-state index contributed by atoms with van der Waals surface area (Å²) in [6, 6.07) is 5.76. The summed E-state index contributed by atoms with van der Waals surface area (Å²) in [6.07, 6.45) is -0.515. The molecule has 0 saturated carbocycles. The molecule has 6 heteroatoms. The van der Waals surface area contributed by atoms with E-state index in [1.165, 1.54) is 4.90 Å². The average Bonchev–Trinajstić information content (AvgIpc) is 2.45. The van der Waals surface area contributed by atoms with Gasteiger partial charge in [0, 0.05) is 44.3 Å². The number of likely N-dealkylation sites (N-methyl/N-ethyl adjacent to an activating group) is 1. The van der Waals surface area contributed by atoms with Gasteiger partial charge in [-0.2, -0.15) is 0 Å². The molecule has 5 nitrogen and oxygen atoms in total. The molecule has 1 rings (SSSR count). The van der Waals surface area contributed by atoms with Crippen molar-refractivity contribution in [3.8, 4) is 5.75 Å². The third kappa shape index (κ3) is 6.03. The summed E-state index contributed by atoms with van der Waals surface area (Å²) >= 11 is 3.45. The maximum Gasteiger partial charge on any atom is 0.262 e. The van der Waals surface area contributed by atoms with Gasteiger partial charge in [-0.1, -0.05) is 15.9 Å². The number of ether oxygens (including phenoxy) is 2. The summed E-state index contributed by atoms with van der Waals surface area (Å²) < 4.78 is 11.8. The molecule has 1 unspecified atom stereocenters. The number of halogens is 1. The predicted molar refractivity (Wildman–Crippen MR) is 86.5 cm³/mol. The van der Waals surface area contributed by atoms with E-state index in [2.05, 4.69) is 21.2 Å². The Hall–Kier alpha value is -1.11. The van der Waals surface area contributed by atoms with Crippen molar-refractivity contribution in [1.29, 1.82) is 0 Å². The molecular formula is C15H23BrN2O3. The summed E-state index contributed by atoms with van der Waals surface area (Å²) in [6.45, 7) is 3.82. The van der Waals surface area contributed by atoms with Crippen molar-refractivity contribution in [1.82, 2.24) is 10.2 Å².